The minimum absolute atomic E-state index is 0.197. The first-order chi connectivity index (χ1) is 8.46. The Morgan fingerprint density at radius 1 is 1.22 bits per heavy atom. The van der Waals surface area contributed by atoms with Gasteiger partial charge in [-0.15, -0.1) is 0 Å². The molecule has 0 amide bonds. The molecule has 2 aromatic rings. The van der Waals surface area contributed by atoms with E-state index in [1.54, 1.807) is 0 Å². The zero-order chi connectivity index (χ0) is 13.3. The van der Waals surface area contributed by atoms with Gasteiger partial charge in [-0.2, -0.15) is 0 Å². The molecule has 2 nitrogen and oxygen atoms in total. The normalized spacial score (nSPS) is 12.3. The predicted octanol–water partition coefficient (Wildman–Crippen LogP) is 3.76. The molecule has 0 saturated heterocycles. The average molecular weight is 244 g/mol. The maximum absolute atomic E-state index is 3.65. The number of fused-ring (bicyclic) bond motifs is 1. The summed E-state index contributed by atoms with van der Waals surface area (Å²) >= 11 is 0. The fourth-order valence-corrected chi connectivity index (χ4v) is 2.33. The minimum Gasteiger partial charge on any atom is -0.346 e. The molecule has 1 heterocycles. The summed E-state index contributed by atoms with van der Waals surface area (Å²) in [6.45, 7) is 9.88. The molecule has 0 fully saturated rings. The first-order valence-electron chi connectivity index (χ1n) is 6.74. The zero-order valence-electron chi connectivity index (χ0n) is 12.2. The topological polar surface area (TPSA) is 17.0 Å². The predicted molar refractivity (Wildman–Crippen MR) is 78.9 cm³/mol. The Kier molecular flexibility index (Phi) is 3.49. The number of para-hydroxylation sites is 1. The summed E-state index contributed by atoms with van der Waals surface area (Å²) in [7, 11) is 2.16. The number of aryl methyl sites for hydroxylation is 2. The SMILES string of the molecule is CCC(C)(C)NCc1c(C)c2ccccc2n1C. The summed E-state index contributed by atoms with van der Waals surface area (Å²) in [5, 5.41) is 5.01. The average Bonchev–Trinajstić information content (AvgIpc) is 2.61. The van der Waals surface area contributed by atoms with E-state index < -0.39 is 0 Å². The van der Waals surface area contributed by atoms with Crippen LogP contribution in [-0.2, 0) is 13.6 Å². The fraction of sp³-hybridized carbons (Fsp3) is 0.500. The van der Waals surface area contributed by atoms with Gasteiger partial charge in [0.1, 0.15) is 0 Å². The Balaban J connectivity index is 2.34. The van der Waals surface area contributed by atoms with Crippen LogP contribution >= 0.6 is 0 Å². The molecular weight excluding hydrogens is 220 g/mol. The first-order valence-corrected chi connectivity index (χ1v) is 6.74. The monoisotopic (exact) mass is 244 g/mol. The van der Waals surface area contributed by atoms with Crippen molar-refractivity contribution in [3.63, 3.8) is 0 Å². The summed E-state index contributed by atoms with van der Waals surface area (Å²) in [5.74, 6) is 0. The molecule has 2 rings (SSSR count). The standard InChI is InChI=1S/C16H24N2/c1-6-16(3,4)17-11-15-12(2)13-9-7-8-10-14(13)18(15)5/h7-10,17H,6,11H2,1-5H3. The molecule has 98 valence electrons. The summed E-state index contributed by atoms with van der Waals surface area (Å²) < 4.78 is 2.31. The molecule has 0 bridgehead atoms. The third-order valence-electron chi connectivity index (χ3n) is 4.13. The van der Waals surface area contributed by atoms with Gasteiger partial charge in [0.15, 0.2) is 0 Å². The van der Waals surface area contributed by atoms with E-state index in [0.717, 1.165) is 13.0 Å². The number of rotatable bonds is 4. The molecule has 0 radical (unpaired) electrons. The maximum Gasteiger partial charge on any atom is 0.0483 e. The molecule has 1 aromatic heterocycles. The number of hydrogen-bond donors (Lipinski definition) is 1. The van der Waals surface area contributed by atoms with Crippen molar-refractivity contribution >= 4 is 10.9 Å². The van der Waals surface area contributed by atoms with Crippen LogP contribution < -0.4 is 5.32 Å². The highest BCUT2D eigenvalue weighted by atomic mass is 15.0. The Morgan fingerprint density at radius 2 is 1.89 bits per heavy atom. The third kappa shape index (κ3) is 2.30. The van der Waals surface area contributed by atoms with E-state index in [-0.39, 0.29) is 5.54 Å². The minimum atomic E-state index is 0.197. The number of nitrogens with one attached hydrogen (secondary N) is 1. The van der Waals surface area contributed by atoms with Gasteiger partial charge in [0.25, 0.3) is 0 Å². The molecule has 18 heavy (non-hydrogen) atoms. The van der Waals surface area contributed by atoms with Gasteiger partial charge in [-0.1, -0.05) is 25.1 Å². The van der Waals surface area contributed by atoms with E-state index in [4.69, 9.17) is 0 Å². The highest BCUT2D eigenvalue weighted by Gasteiger charge is 2.16. The van der Waals surface area contributed by atoms with Gasteiger partial charge in [-0.25, -0.2) is 0 Å². The molecule has 1 aromatic carbocycles. The molecule has 0 saturated carbocycles. The number of aromatic nitrogens is 1. The van der Waals surface area contributed by atoms with E-state index >= 15 is 0 Å². The summed E-state index contributed by atoms with van der Waals surface area (Å²) in [6, 6.07) is 8.62. The van der Waals surface area contributed by atoms with Crippen molar-refractivity contribution in [2.24, 2.45) is 7.05 Å². The Hall–Kier alpha value is -1.28. The van der Waals surface area contributed by atoms with Crippen molar-refractivity contribution in [3.8, 4) is 0 Å². The zero-order valence-corrected chi connectivity index (χ0v) is 12.2. The van der Waals surface area contributed by atoms with Crippen LogP contribution in [0.15, 0.2) is 24.3 Å². The maximum atomic E-state index is 3.65. The lowest BCUT2D eigenvalue weighted by molar-refractivity contribution is 0.370. The second-order valence-electron chi connectivity index (χ2n) is 5.74. The fourth-order valence-electron chi connectivity index (χ4n) is 2.33. The van der Waals surface area contributed by atoms with E-state index in [2.05, 4.69) is 68.9 Å². The number of hydrogen-bond acceptors (Lipinski definition) is 1. The van der Waals surface area contributed by atoms with E-state index in [0.29, 0.717) is 0 Å². The molecule has 0 aliphatic heterocycles. The molecular formula is C16H24N2. The lowest BCUT2D eigenvalue weighted by Crippen LogP contribution is -2.38. The Bertz CT molecular complexity index is 510. The highest BCUT2D eigenvalue weighted by Crippen LogP contribution is 2.24. The van der Waals surface area contributed by atoms with Crippen molar-refractivity contribution in [1.29, 1.82) is 0 Å². The van der Waals surface area contributed by atoms with Gasteiger partial charge in [0.05, 0.1) is 0 Å². The summed E-state index contributed by atoms with van der Waals surface area (Å²) in [5.41, 5.74) is 4.30. The van der Waals surface area contributed by atoms with Gasteiger partial charge in [-0.3, -0.25) is 0 Å². The van der Waals surface area contributed by atoms with Crippen LogP contribution in [-0.4, -0.2) is 10.1 Å². The molecule has 2 heteroatoms. The quantitative estimate of drug-likeness (QED) is 0.866. The van der Waals surface area contributed by atoms with Crippen LogP contribution in [0.5, 0.6) is 0 Å². The smallest absolute Gasteiger partial charge is 0.0483 e. The largest absolute Gasteiger partial charge is 0.346 e. The van der Waals surface area contributed by atoms with Crippen LogP contribution in [0.3, 0.4) is 0 Å². The summed E-state index contributed by atoms with van der Waals surface area (Å²) in [4.78, 5) is 0. The number of benzene rings is 1. The molecule has 1 N–H and O–H groups in total. The highest BCUT2D eigenvalue weighted by molar-refractivity contribution is 5.85. The Labute approximate surface area is 110 Å². The molecule has 0 unspecified atom stereocenters. The van der Waals surface area contributed by atoms with Gasteiger partial charge >= 0.3 is 0 Å². The van der Waals surface area contributed by atoms with E-state index in [1.165, 1.54) is 22.2 Å². The second-order valence-corrected chi connectivity index (χ2v) is 5.74. The van der Waals surface area contributed by atoms with Crippen LogP contribution in [0.1, 0.15) is 38.4 Å². The van der Waals surface area contributed by atoms with Crippen molar-refractivity contribution in [2.75, 3.05) is 0 Å². The molecule has 0 spiro atoms. The van der Waals surface area contributed by atoms with Gasteiger partial charge in [0.2, 0.25) is 0 Å². The summed E-state index contributed by atoms with van der Waals surface area (Å²) in [6.07, 6.45) is 1.13. The molecule has 0 aliphatic rings. The lowest BCUT2D eigenvalue weighted by Gasteiger charge is -2.25. The van der Waals surface area contributed by atoms with E-state index in [9.17, 15) is 0 Å². The van der Waals surface area contributed by atoms with Gasteiger partial charge < -0.3 is 9.88 Å². The molecule has 0 atom stereocenters. The Morgan fingerprint density at radius 3 is 2.50 bits per heavy atom. The van der Waals surface area contributed by atoms with Crippen molar-refractivity contribution < 1.29 is 0 Å². The van der Waals surface area contributed by atoms with Crippen LogP contribution in [0, 0.1) is 6.92 Å². The third-order valence-corrected chi connectivity index (χ3v) is 4.13. The van der Waals surface area contributed by atoms with Gasteiger partial charge in [0, 0.05) is 35.7 Å². The van der Waals surface area contributed by atoms with Crippen LogP contribution in [0.25, 0.3) is 10.9 Å². The number of nitrogens with zero attached hydrogens (tertiary/aromatic N) is 1. The van der Waals surface area contributed by atoms with E-state index in [1.807, 2.05) is 0 Å². The van der Waals surface area contributed by atoms with Crippen LogP contribution in [0.4, 0.5) is 0 Å². The lowest BCUT2D eigenvalue weighted by atomic mass is 10.0. The van der Waals surface area contributed by atoms with Crippen LogP contribution in [0.2, 0.25) is 0 Å². The van der Waals surface area contributed by atoms with Crippen molar-refractivity contribution in [2.45, 2.75) is 46.2 Å². The van der Waals surface area contributed by atoms with Crippen molar-refractivity contribution in [3.05, 3.63) is 35.5 Å². The van der Waals surface area contributed by atoms with Crippen molar-refractivity contribution in [1.82, 2.24) is 9.88 Å². The first kappa shape index (κ1) is 13.2. The van der Waals surface area contributed by atoms with Gasteiger partial charge in [-0.05, 0) is 38.8 Å². The second kappa shape index (κ2) is 4.77. The molecule has 0 aliphatic carbocycles.